The van der Waals surface area contributed by atoms with Crippen LogP contribution in [0.2, 0.25) is 0 Å². The van der Waals surface area contributed by atoms with Crippen LogP contribution in [0.3, 0.4) is 0 Å². The van der Waals surface area contributed by atoms with Crippen LogP contribution in [0, 0.1) is 0 Å². The molecule has 0 amide bonds. The highest BCUT2D eigenvalue weighted by atomic mass is 16.4. The van der Waals surface area contributed by atoms with Gasteiger partial charge in [0.25, 0.3) is 0 Å². The summed E-state index contributed by atoms with van der Waals surface area (Å²) >= 11 is 0. The number of unbranched alkanes of at least 4 members (excludes halogenated alkanes) is 22. The van der Waals surface area contributed by atoms with Gasteiger partial charge in [-0.15, -0.1) is 0 Å². The molecular weight excluding hydrogens is 540 g/mol. The zero-order chi connectivity index (χ0) is 32.2. The molecule has 0 aliphatic rings. The fraction of sp³-hybridized carbons (Fsp3) is 0.919. The van der Waals surface area contributed by atoms with E-state index in [1.54, 1.807) is 0 Å². The molecule has 254 valence electrons. The second-order valence-corrected chi connectivity index (χ2v) is 13.0. The Labute approximate surface area is 265 Å². The summed E-state index contributed by atoms with van der Waals surface area (Å²) in [4.78, 5) is 39.3. The van der Waals surface area contributed by atoms with Gasteiger partial charge in [-0.3, -0.25) is 14.4 Å². The highest BCUT2D eigenvalue weighted by molar-refractivity contribution is 6.11. The van der Waals surface area contributed by atoms with Crippen LogP contribution >= 0.6 is 0 Å². The van der Waals surface area contributed by atoms with Gasteiger partial charge in [-0.1, -0.05) is 162 Å². The van der Waals surface area contributed by atoms with Gasteiger partial charge in [0.15, 0.2) is 17.3 Å². The second kappa shape index (κ2) is 28.4. The van der Waals surface area contributed by atoms with Gasteiger partial charge in [0.1, 0.15) is 12.2 Å². The van der Waals surface area contributed by atoms with Gasteiger partial charge in [-0.2, -0.15) is 0 Å². The highest BCUT2D eigenvalue weighted by Gasteiger charge is 2.52. The Hall–Kier alpha value is -1.11. The molecule has 0 fully saturated rings. The maximum absolute atomic E-state index is 13.3. The molecule has 0 saturated heterocycles. The number of aliphatic hydroxyl groups excluding tert-OH is 2. The molecule has 0 aromatic rings. The number of ketones is 3. The number of hydrogen-bond donors (Lipinski definition) is 3. The summed E-state index contributed by atoms with van der Waals surface area (Å²) in [6, 6.07) is 0. The standard InChI is InChI=1S/C37H70O6/c1-4-7-10-13-16-18-21-23-26-29-32(38)35(41)36(42)37(43,33(39)30-27-24-20-15-12-9-6-3)34(40)31-28-25-22-19-17-14-11-8-5-2/h35-36,41-43H,4-31H2,1-3H3. The Morgan fingerprint density at radius 1 is 0.442 bits per heavy atom. The summed E-state index contributed by atoms with van der Waals surface area (Å²) in [5.74, 6) is -2.16. The quantitative estimate of drug-likeness (QED) is 0.0505. The van der Waals surface area contributed by atoms with Crippen LogP contribution in [0.4, 0.5) is 0 Å². The Morgan fingerprint density at radius 3 is 1.00 bits per heavy atom. The van der Waals surface area contributed by atoms with E-state index >= 15 is 0 Å². The fourth-order valence-electron chi connectivity index (χ4n) is 5.87. The lowest BCUT2D eigenvalue weighted by Gasteiger charge is -2.32. The van der Waals surface area contributed by atoms with E-state index in [-0.39, 0.29) is 19.3 Å². The predicted molar refractivity (Wildman–Crippen MR) is 178 cm³/mol. The molecule has 0 aromatic heterocycles. The first-order chi connectivity index (χ1) is 20.8. The molecular formula is C37H70O6. The second-order valence-electron chi connectivity index (χ2n) is 13.0. The van der Waals surface area contributed by atoms with E-state index in [1.165, 1.54) is 70.6 Å². The molecule has 3 unspecified atom stereocenters. The Kier molecular flexibility index (Phi) is 27.6. The molecule has 6 nitrogen and oxygen atoms in total. The minimum atomic E-state index is -2.74. The van der Waals surface area contributed by atoms with Crippen molar-refractivity contribution in [2.24, 2.45) is 0 Å². The molecule has 0 aliphatic carbocycles. The smallest absolute Gasteiger partial charge is 0.210 e. The SMILES string of the molecule is CCCCCCCCCCCC(=O)C(O)C(O)C(O)(C(=O)CCCCCCCCC)C(=O)CCCCCCCCCCC. The molecule has 3 N–H and O–H groups in total. The third-order valence-electron chi connectivity index (χ3n) is 8.95. The minimum Gasteiger partial charge on any atom is -0.386 e. The van der Waals surface area contributed by atoms with Crippen LogP contribution < -0.4 is 0 Å². The summed E-state index contributed by atoms with van der Waals surface area (Å²) in [6.45, 7) is 6.55. The van der Waals surface area contributed by atoms with Crippen molar-refractivity contribution in [2.75, 3.05) is 0 Å². The van der Waals surface area contributed by atoms with Gasteiger partial charge < -0.3 is 15.3 Å². The normalized spacial score (nSPS) is 14.4. The summed E-state index contributed by atoms with van der Waals surface area (Å²) in [5, 5.41) is 33.1. The first-order valence-corrected chi connectivity index (χ1v) is 18.4. The molecule has 0 radical (unpaired) electrons. The summed E-state index contributed by atoms with van der Waals surface area (Å²) in [5.41, 5.74) is -2.74. The van der Waals surface area contributed by atoms with E-state index in [4.69, 9.17) is 0 Å². The van der Waals surface area contributed by atoms with Crippen molar-refractivity contribution < 1.29 is 29.7 Å². The Morgan fingerprint density at radius 2 is 0.698 bits per heavy atom. The van der Waals surface area contributed by atoms with Gasteiger partial charge in [0.05, 0.1) is 0 Å². The first-order valence-electron chi connectivity index (χ1n) is 18.4. The van der Waals surface area contributed by atoms with E-state index < -0.39 is 35.2 Å². The van der Waals surface area contributed by atoms with Gasteiger partial charge in [0, 0.05) is 19.3 Å². The van der Waals surface area contributed by atoms with Gasteiger partial charge in [0.2, 0.25) is 5.60 Å². The lowest BCUT2D eigenvalue weighted by molar-refractivity contribution is -0.174. The number of rotatable bonds is 33. The number of aliphatic hydroxyl groups is 3. The van der Waals surface area contributed by atoms with Gasteiger partial charge in [-0.05, 0) is 19.3 Å². The lowest BCUT2D eigenvalue weighted by atomic mass is 9.79. The topological polar surface area (TPSA) is 112 Å². The average Bonchev–Trinajstić information content (AvgIpc) is 3.01. The van der Waals surface area contributed by atoms with Gasteiger partial charge in [-0.25, -0.2) is 0 Å². The van der Waals surface area contributed by atoms with Crippen LogP contribution in [-0.2, 0) is 14.4 Å². The van der Waals surface area contributed by atoms with Crippen LogP contribution in [0.25, 0.3) is 0 Å². The molecule has 43 heavy (non-hydrogen) atoms. The van der Waals surface area contributed by atoms with Gasteiger partial charge >= 0.3 is 0 Å². The Balaban J connectivity index is 4.93. The number of carbonyl (C=O) groups excluding carboxylic acids is 3. The first kappa shape index (κ1) is 41.9. The molecule has 0 heterocycles. The fourth-order valence-corrected chi connectivity index (χ4v) is 5.87. The third-order valence-corrected chi connectivity index (χ3v) is 8.95. The molecule has 0 aromatic carbocycles. The van der Waals surface area contributed by atoms with Crippen molar-refractivity contribution in [3.05, 3.63) is 0 Å². The zero-order valence-electron chi connectivity index (χ0n) is 28.5. The molecule has 0 rings (SSSR count). The average molecular weight is 611 g/mol. The lowest BCUT2D eigenvalue weighted by Crippen LogP contribution is -2.61. The van der Waals surface area contributed by atoms with Crippen LogP contribution in [-0.4, -0.2) is 50.5 Å². The molecule has 0 aliphatic heterocycles. The molecule has 0 saturated carbocycles. The summed E-state index contributed by atoms with van der Waals surface area (Å²) < 4.78 is 0. The minimum absolute atomic E-state index is 0.0503. The largest absolute Gasteiger partial charge is 0.386 e. The van der Waals surface area contributed by atoms with Crippen LogP contribution in [0.5, 0.6) is 0 Å². The van der Waals surface area contributed by atoms with Crippen molar-refractivity contribution in [1.82, 2.24) is 0 Å². The van der Waals surface area contributed by atoms with Crippen molar-refractivity contribution in [3.8, 4) is 0 Å². The molecule has 3 atom stereocenters. The van der Waals surface area contributed by atoms with E-state index in [0.717, 1.165) is 70.6 Å². The maximum Gasteiger partial charge on any atom is 0.210 e. The van der Waals surface area contributed by atoms with Crippen LogP contribution in [0.1, 0.15) is 201 Å². The van der Waals surface area contributed by atoms with Crippen LogP contribution in [0.15, 0.2) is 0 Å². The monoisotopic (exact) mass is 611 g/mol. The number of hydrogen-bond acceptors (Lipinski definition) is 6. The highest BCUT2D eigenvalue weighted by Crippen LogP contribution is 2.25. The van der Waals surface area contributed by atoms with E-state index in [1.807, 2.05) is 0 Å². The van der Waals surface area contributed by atoms with Crippen molar-refractivity contribution >= 4 is 17.3 Å². The van der Waals surface area contributed by atoms with E-state index in [0.29, 0.717) is 19.3 Å². The van der Waals surface area contributed by atoms with Crippen molar-refractivity contribution in [2.45, 2.75) is 218 Å². The number of Topliss-reactive ketones (excluding diaryl/α,β-unsaturated/α-hetero) is 3. The third kappa shape index (κ3) is 19.8. The molecule has 6 heteroatoms. The molecule has 0 bridgehead atoms. The summed E-state index contributed by atoms with van der Waals surface area (Å²) in [6.07, 6.45) is 21.9. The zero-order valence-corrected chi connectivity index (χ0v) is 28.5. The number of carbonyl (C=O) groups is 3. The van der Waals surface area contributed by atoms with E-state index in [2.05, 4.69) is 20.8 Å². The Bertz CT molecular complexity index is 693. The summed E-state index contributed by atoms with van der Waals surface area (Å²) in [7, 11) is 0. The molecule has 0 spiro atoms. The van der Waals surface area contributed by atoms with Crippen molar-refractivity contribution in [1.29, 1.82) is 0 Å². The van der Waals surface area contributed by atoms with E-state index in [9.17, 15) is 29.7 Å². The van der Waals surface area contributed by atoms with Crippen molar-refractivity contribution in [3.63, 3.8) is 0 Å². The predicted octanol–water partition coefficient (Wildman–Crippen LogP) is 9.13. The maximum atomic E-state index is 13.3.